The number of halogens is 1. The van der Waals surface area contributed by atoms with Gasteiger partial charge in [-0.1, -0.05) is 102 Å². The second-order valence-corrected chi connectivity index (χ2v) is 26.2. The molecular formula is C76H118ClN13O25. The van der Waals surface area contributed by atoms with E-state index in [0.29, 0.717) is 32.1 Å². The van der Waals surface area contributed by atoms with Gasteiger partial charge in [-0.05, 0) is 115 Å². The van der Waals surface area contributed by atoms with Crippen LogP contribution in [0.4, 0.5) is 24.9 Å². The predicted octanol–water partition coefficient (Wildman–Crippen LogP) is 3.75. The number of amides is 12. The van der Waals surface area contributed by atoms with Crippen molar-refractivity contribution in [3.8, 4) is 11.1 Å². The lowest BCUT2D eigenvalue weighted by molar-refractivity contribution is -0.146. The van der Waals surface area contributed by atoms with Crippen LogP contribution in [0.1, 0.15) is 160 Å². The average molecular weight is 1650 g/mol. The lowest BCUT2D eigenvalue weighted by Crippen LogP contribution is -2.54. The molecule has 0 saturated carbocycles. The molecule has 39 heteroatoms. The van der Waals surface area contributed by atoms with Gasteiger partial charge in [0, 0.05) is 76.1 Å². The molecule has 1 aliphatic rings. The van der Waals surface area contributed by atoms with E-state index >= 15 is 0 Å². The quantitative estimate of drug-likeness (QED) is 0.0126. The number of nitrogens with one attached hydrogen (secondary N) is 9. The summed E-state index contributed by atoms with van der Waals surface area (Å²) in [4.78, 5) is 185. The number of ether oxygens (including phenoxy) is 6. The number of esters is 5. The SMILES string of the molecule is CCl.COC(=O)CCCC(=O)N[C@H](C(=O)N[C@@H](CCCNC(N)=O)C(=O)O)C(C)C.COC(=O)CCCC(=O)N[C@H](C(=O)N[C@@H](CCCNC(N)=O)C(=O)OC)C(C)C.COC(=O)CCCC(=O)O.COC(=O)[C@H](CCCNC(N)=O)NC(=O)[C@@H](NC(=O)OCC1c2ccccc2-c2ccccc21)C(C)C.Nc1ccc(CO)cc1. The number of aliphatic hydroxyl groups excluding tert-OH is 1. The molecule has 38 nitrogen and oxygen atoms in total. The lowest BCUT2D eigenvalue weighted by atomic mass is 9.98. The van der Waals surface area contributed by atoms with Crippen molar-refractivity contribution in [1.82, 2.24) is 47.9 Å². The first-order valence-corrected chi connectivity index (χ1v) is 37.5. The highest BCUT2D eigenvalue weighted by atomic mass is 35.5. The molecule has 644 valence electrons. The van der Waals surface area contributed by atoms with Crippen molar-refractivity contribution in [3.05, 3.63) is 89.5 Å². The minimum atomic E-state index is -1.22. The van der Waals surface area contributed by atoms with E-state index in [9.17, 15) is 81.8 Å². The molecule has 0 radical (unpaired) electrons. The van der Waals surface area contributed by atoms with Gasteiger partial charge in [-0.2, -0.15) is 0 Å². The van der Waals surface area contributed by atoms with Gasteiger partial charge in [-0.15, -0.1) is 11.6 Å². The van der Waals surface area contributed by atoms with E-state index in [4.69, 9.17) is 47.4 Å². The van der Waals surface area contributed by atoms with Crippen molar-refractivity contribution in [2.75, 3.05) is 73.9 Å². The largest absolute Gasteiger partial charge is 0.481 e. The molecule has 0 fully saturated rings. The van der Waals surface area contributed by atoms with Crippen molar-refractivity contribution in [3.63, 3.8) is 0 Å². The number of rotatable bonds is 42. The lowest BCUT2D eigenvalue weighted by Gasteiger charge is -2.25. The zero-order valence-electron chi connectivity index (χ0n) is 67.4. The highest BCUT2D eigenvalue weighted by molar-refractivity contribution is 6.15. The Morgan fingerprint density at radius 3 is 1.07 bits per heavy atom. The molecule has 0 bridgehead atoms. The first-order chi connectivity index (χ1) is 54.4. The van der Waals surface area contributed by atoms with Gasteiger partial charge in [0.2, 0.25) is 29.5 Å². The third-order valence-corrected chi connectivity index (χ3v) is 16.4. The van der Waals surface area contributed by atoms with Crippen LogP contribution in [0, 0.1) is 17.8 Å². The fourth-order valence-electron chi connectivity index (χ4n) is 10.3. The monoisotopic (exact) mass is 1650 g/mol. The highest BCUT2D eigenvalue weighted by Crippen LogP contribution is 2.44. The topological polar surface area (TPSA) is 602 Å². The Hall–Kier alpha value is -11.6. The van der Waals surface area contributed by atoms with Crippen LogP contribution in [0.5, 0.6) is 0 Å². The Balaban J connectivity index is 0. The number of methoxy groups -OCH3 is 5. The number of carbonyl (C=O) groups is 16. The number of fused-ring (bicyclic) bond motifs is 3. The number of carboxylic acids is 2. The van der Waals surface area contributed by atoms with Crippen LogP contribution in [0.3, 0.4) is 0 Å². The molecule has 0 saturated heterocycles. The van der Waals surface area contributed by atoms with Crippen LogP contribution in [-0.4, -0.2) is 215 Å². The number of nitrogen functional groups attached to an aromatic ring is 1. The van der Waals surface area contributed by atoms with Gasteiger partial charge in [0.05, 0.1) is 42.2 Å². The summed E-state index contributed by atoms with van der Waals surface area (Å²) in [6, 6.07) is 15.3. The summed E-state index contributed by atoms with van der Waals surface area (Å²) in [6.45, 7) is 11.3. The maximum absolute atomic E-state index is 13.0. The molecule has 3 aromatic rings. The number of hydrogen-bond donors (Lipinski definition) is 16. The summed E-state index contributed by atoms with van der Waals surface area (Å²) in [6.07, 6.45) is 3.74. The third-order valence-electron chi connectivity index (χ3n) is 16.4. The van der Waals surface area contributed by atoms with Crippen molar-refractivity contribution in [2.24, 2.45) is 35.0 Å². The predicted molar refractivity (Wildman–Crippen MR) is 422 cm³/mol. The summed E-state index contributed by atoms with van der Waals surface area (Å²) in [5.74, 6) is -7.98. The molecule has 20 N–H and O–H groups in total. The summed E-state index contributed by atoms with van der Waals surface area (Å²) >= 11 is 4.64. The van der Waals surface area contributed by atoms with E-state index in [1.165, 1.54) is 41.9 Å². The summed E-state index contributed by atoms with van der Waals surface area (Å²) < 4.78 is 28.4. The number of aliphatic hydroxyl groups is 1. The average Bonchev–Trinajstić information content (AvgIpc) is 1.62. The number of hydrogen-bond acceptors (Lipinski definition) is 24. The maximum atomic E-state index is 13.0. The van der Waals surface area contributed by atoms with E-state index in [2.05, 4.69) is 85.8 Å². The zero-order valence-corrected chi connectivity index (χ0v) is 68.1. The molecule has 4 rings (SSSR count). The van der Waals surface area contributed by atoms with Gasteiger partial charge < -0.3 is 115 Å². The molecule has 0 unspecified atom stereocenters. The molecule has 12 amide bonds. The van der Waals surface area contributed by atoms with Gasteiger partial charge in [0.1, 0.15) is 42.9 Å². The Bertz CT molecular complexity index is 3510. The molecule has 6 atom stereocenters. The van der Waals surface area contributed by atoms with Gasteiger partial charge in [0.15, 0.2) is 0 Å². The summed E-state index contributed by atoms with van der Waals surface area (Å²) in [7, 11) is 6.22. The molecular weight excluding hydrogens is 1530 g/mol. The number of nitrogens with two attached hydrogens (primary N) is 4. The Labute approximate surface area is 674 Å². The van der Waals surface area contributed by atoms with E-state index in [-0.39, 0.29) is 133 Å². The molecule has 1 aliphatic carbocycles. The second kappa shape index (κ2) is 61.0. The Kier molecular flexibility index (Phi) is 56.0. The molecule has 0 heterocycles. The number of alkyl halides is 1. The minimum absolute atomic E-state index is 0.0229. The summed E-state index contributed by atoms with van der Waals surface area (Å²) in [5, 5.41) is 48.6. The van der Waals surface area contributed by atoms with Crippen molar-refractivity contribution in [1.29, 1.82) is 0 Å². The van der Waals surface area contributed by atoms with E-state index < -0.39 is 120 Å². The number of alkyl carbamates (subject to hydrolysis) is 1. The first-order valence-electron chi connectivity index (χ1n) is 36.8. The number of anilines is 1. The molecule has 0 aromatic heterocycles. The fraction of sp³-hybridized carbons (Fsp3) is 0.553. The zero-order chi connectivity index (χ0) is 87.7. The van der Waals surface area contributed by atoms with E-state index in [1.807, 2.05) is 36.4 Å². The van der Waals surface area contributed by atoms with Crippen LogP contribution < -0.4 is 70.8 Å². The minimum Gasteiger partial charge on any atom is -0.481 e. The number of carboxylic acid groups (broad SMARTS) is 2. The third kappa shape index (κ3) is 46.9. The fourth-order valence-corrected chi connectivity index (χ4v) is 10.3. The Morgan fingerprint density at radius 2 is 0.757 bits per heavy atom. The van der Waals surface area contributed by atoms with Crippen molar-refractivity contribution in [2.45, 2.75) is 187 Å². The van der Waals surface area contributed by atoms with Crippen LogP contribution in [0.15, 0.2) is 72.8 Å². The molecule has 0 aliphatic heterocycles. The first kappa shape index (κ1) is 105. The number of urea groups is 3. The molecule has 115 heavy (non-hydrogen) atoms. The highest BCUT2D eigenvalue weighted by Gasteiger charge is 2.34. The van der Waals surface area contributed by atoms with E-state index in [1.54, 1.807) is 65.8 Å². The van der Waals surface area contributed by atoms with Crippen molar-refractivity contribution < 1.29 is 120 Å². The number of primary amides is 3. The second-order valence-electron chi connectivity index (χ2n) is 26.2. The molecule has 0 spiro atoms. The number of carbonyl (C=O) groups excluding carboxylic acids is 14. The summed E-state index contributed by atoms with van der Waals surface area (Å²) in [5.41, 5.74) is 26.4. The standard InChI is InChI=1S/C27H34N4O6.C18H32N4O7.C17H30N4O7.C7H9NO.C6H10O4.CH3Cl/c1-16(2)23(24(32)30-22(25(33)36-3)13-8-14-29-26(28)34)31-27(35)37-15-21-19-11-6-4-9-17(19)18-10-5-7-12-20(18)21;1-11(2)15(22-13(23)8-5-9-14(24)28-3)16(25)21-12(17(26)29-4)7-6-10-20-18(19)27;1-10(2)14(21-12(22)7-4-8-13(23)28-3)15(24)20-11(16(25)26)6-5-9-19-17(18)27;8-7-3-1-6(5-9)2-4-7;1-10-6(9)4-2-3-5(7)8;1-2/h4-7,9-12,16,21-23H,8,13-15H2,1-3H3,(H,30,32)(H,31,35)(H3,28,29,34);11-12,15H,5-10H2,1-4H3,(H,21,25)(H,22,23)(H3,19,20,27);10-11,14H,4-9H2,1-3H3,(H,20,24)(H,21,22)(H,25,26)(H3,18,19,27);1-4,9H,5,8H2;2-4H2,1H3,(H,7,8);1H3/t22-,23-;12-,15-;11-,14-;;;/m000.../s1. The van der Waals surface area contributed by atoms with Gasteiger partial charge in [-0.25, -0.2) is 33.6 Å². The maximum Gasteiger partial charge on any atom is 0.407 e. The van der Waals surface area contributed by atoms with Crippen LogP contribution in [-0.2, 0) is 92.6 Å². The van der Waals surface area contributed by atoms with Gasteiger partial charge >= 0.3 is 66.0 Å². The van der Waals surface area contributed by atoms with Crippen LogP contribution in [0.25, 0.3) is 11.1 Å². The van der Waals surface area contributed by atoms with Crippen LogP contribution >= 0.6 is 11.6 Å². The Morgan fingerprint density at radius 1 is 0.426 bits per heavy atom. The van der Waals surface area contributed by atoms with Gasteiger partial charge in [-0.3, -0.25) is 43.2 Å². The smallest absolute Gasteiger partial charge is 0.407 e. The van der Waals surface area contributed by atoms with Crippen LogP contribution in [0.2, 0.25) is 0 Å². The van der Waals surface area contributed by atoms with Crippen molar-refractivity contribution >= 4 is 113 Å². The normalized spacial score (nSPS) is 12.1. The molecule has 3 aromatic carbocycles. The number of benzene rings is 3. The number of aliphatic carboxylic acids is 2. The van der Waals surface area contributed by atoms with Gasteiger partial charge in [0.25, 0.3) is 0 Å². The van der Waals surface area contributed by atoms with E-state index in [0.717, 1.165) is 33.5 Å².